The lowest BCUT2D eigenvalue weighted by Crippen LogP contribution is -2.03. The predicted octanol–water partition coefficient (Wildman–Crippen LogP) is 4.07. The van der Waals surface area contributed by atoms with Crippen molar-refractivity contribution < 1.29 is 0 Å². The molecule has 0 bridgehead atoms. The van der Waals surface area contributed by atoms with Gasteiger partial charge in [0, 0.05) is 22.2 Å². The van der Waals surface area contributed by atoms with Crippen LogP contribution in [0.15, 0.2) is 34.9 Å². The lowest BCUT2D eigenvalue weighted by molar-refractivity contribution is 1.09. The van der Waals surface area contributed by atoms with Crippen LogP contribution in [0.1, 0.15) is 6.92 Å². The molecule has 0 aliphatic carbocycles. The van der Waals surface area contributed by atoms with Crippen molar-refractivity contribution in [1.82, 2.24) is 9.97 Å². The zero-order valence-electron chi connectivity index (χ0n) is 9.74. The van der Waals surface area contributed by atoms with Crippen LogP contribution in [0.25, 0.3) is 0 Å². The molecule has 0 fully saturated rings. The number of anilines is 3. The van der Waals surface area contributed by atoms with Crippen molar-refractivity contribution in [2.24, 2.45) is 0 Å². The highest BCUT2D eigenvalue weighted by Crippen LogP contribution is 2.28. The zero-order chi connectivity index (χ0) is 13.0. The van der Waals surface area contributed by atoms with Gasteiger partial charge in [0.2, 0.25) is 5.95 Å². The van der Waals surface area contributed by atoms with Gasteiger partial charge in [0.15, 0.2) is 0 Å². The predicted molar refractivity (Wildman–Crippen MR) is 78.6 cm³/mol. The molecule has 0 unspecified atom stereocenters. The number of nitrogens with one attached hydrogen (secondary N) is 2. The van der Waals surface area contributed by atoms with E-state index in [0.29, 0.717) is 16.8 Å². The second-order valence-corrected chi connectivity index (χ2v) is 4.84. The Balaban J connectivity index is 2.22. The Hall–Kier alpha value is -1.33. The summed E-state index contributed by atoms with van der Waals surface area (Å²) in [5, 5.41) is 6.92. The van der Waals surface area contributed by atoms with Gasteiger partial charge in [-0.25, -0.2) is 4.98 Å². The average molecular weight is 328 g/mol. The molecule has 1 heterocycles. The van der Waals surface area contributed by atoms with Gasteiger partial charge >= 0.3 is 0 Å². The fourth-order valence-electron chi connectivity index (χ4n) is 1.40. The third kappa shape index (κ3) is 3.34. The Bertz CT molecular complexity index is 547. The van der Waals surface area contributed by atoms with Crippen molar-refractivity contribution in [3.8, 4) is 0 Å². The summed E-state index contributed by atoms with van der Waals surface area (Å²) in [6.07, 6.45) is 1.70. The van der Waals surface area contributed by atoms with Crippen LogP contribution in [-0.2, 0) is 0 Å². The number of hydrogen-bond donors (Lipinski definition) is 2. The minimum Gasteiger partial charge on any atom is -0.354 e. The molecule has 6 heteroatoms. The number of aromatic nitrogens is 2. The fourth-order valence-corrected chi connectivity index (χ4v) is 1.92. The van der Waals surface area contributed by atoms with Gasteiger partial charge in [0.05, 0.1) is 5.69 Å². The molecule has 2 rings (SSSR count). The van der Waals surface area contributed by atoms with E-state index in [2.05, 4.69) is 36.5 Å². The maximum atomic E-state index is 5.96. The number of benzene rings is 1. The monoisotopic (exact) mass is 326 g/mol. The Labute approximate surface area is 119 Å². The van der Waals surface area contributed by atoms with Gasteiger partial charge in [-0.1, -0.05) is 11.6 Å². The molecule has 0 aliphatic heterocycles. The van der Waals surface area contributed by atoms with E-state index in [1.165, 1.54) is 0 Å². The van der Waals surface area contributed by atoms with Crippen molar-refractivity contribution in [3.05, 3.63) is 40.0 Å². The van der Waals surface area contributed by atoms with E-state index < -0.39 is 0 Å². The summed E-state index contributed by atoms with van der Waals surface area (Å²) >= 11 is 9.42. The molecule has 0 atom stereocenters. The topological polar surface area (TPSA) is 49.8 Å². The lowest BCUT2D eigenvalue weighted by Gasteiger charge is -2.09. The third-order valence-corrected chi connectivity index (χ3v) is 3.11. The van der Waals surface area contributed by atoms with Crippen molar-refractivity contribution in [3.63, 3.8) is 0 Å². The lowest BCUT2D eigenvalue weighted by atomic mass is 10.3. The van der Waals surface area contributed by atoms with E-state index in [-0.39, 0.29) is 0 Å². The summed E-state index contributed by atoms with van der Waals surface area (Å²) in [5.41, 5.74) is 0.864. The second kappa shape index (κ2) is 6.02. The summed E-state index contributed by atoms with van der Waals surface area (Å²) in [6, 6.07) is 7.34. The summed E-state index contributed by atoms with van der Waals surface area (Å²) in [6.45, 7) is 2.78. The molecular weight excluding hydrogens is 316 g/mol. The number of nitrogens with zero attached hydrogens (tertiary/aromatic N) is 2. The van der Waals surface area contributed by atoms with Crippen LogP contribution in [-0.4, -0.2) is 16.5 Å². The van der Waals surface area contributed by atoms with E-state index in [9.17, 15) is 0 Å². The number of rotatable bonds is 4. The van der Waals surface area contributed by atoms with Crippen LogP contribution in [0.4, 0.5) is 17.5 Å². The highest BCUT2D eigenvalue weighted by molar-refractivity contribution is 9.10. The molecular formula is C12H12BrClN4. The van der Waals surface area contributed by atoms with Crippen molar-refractivity contribution in [2.75, 3.05) is 17.2 Å². The first kappa shape index (κ1) is 13.1. The summed E-state index contributed by atoms with van der Waals surface area (Å²) in [5.74, 6) is 1.31. The van der Waals surface area contributed by atoms with E-state index in [1.54, 1.807) is 12.3 Å². The summed E-state index contributed by atoms with van der Waals surface area (Å²) in [4.78, 5) is 8.44. The van der Waals surface area contributed by atoms with Gasteiger partial charge in [0.25, 0.3) is 0 Å². The van der Waals surface area contributed by atoms with E-state index in [4.69, 9.17) is 11.6 Å². The Morgan fingerprint density at radius 3 is 2.94 bits per heavy atom. The molecule has 2 N–H and O–H groups in total. The van der Waals surface area contributed by atoms with Crippen molar-refractivity contribution in [2.45, 2.75) is 6.92 Å². The average Bonchev–Trinajstić information content (AvgIpc) is 2.35. The SMILES string of the molecule is CCNc1nccc(Nc2cc(Cl)ccc2Br)n1. The van der Waals surface area contributed by atoms with E-state index >= 15 is 0 Å². The Morgan fingerprint density at radius 2 is 2.17 bits per heavy atom. The summed E-state index contributed by atoms with van der Waals surface area (Å²) in [7, 11) is 0. The maximum absolute atomic E-state index is 5.96. The molecule has 0 spiro atoms. The highest BCUT2D eigenvalue weighted by Gasteiger charge is 2.03. The third-order valence-electron chi connectivity index (χ3n) is 2.18. The van der Waals surface area contributed by atoms with E-state index in [1.807, 2.05) is 25.1 Å². The molecule has 18 heavy (non-hydrogen) atoms. The standard InChI is InChI=1S/C12H12BrClN4/c1-2-15-12-16-6-5-11(18-12)17-10-7-8(14)3-4-9(10)13/h3-7H,2H2,1H3,(H2,15,16,17,18). The highest BCUT2D eigenvalue weighted by atomic mass is 79.9. The van der Waals surface area contributed by atoms with Gasteiger partial charge in [-0.3, -0.25) is 0 Å². The van der Waals surface area contributed by atoms with Gasteiger partial charge in [-0.15, -0.1) is 0 Å². The first-order valence-corrected chi connectivity index (χ1v) is 6.65. The van der Waals surface area contributed by atoms with Crippen LogP contribution in [0, 0.1) is 0 Å². The van der Waals surface area contributed by atoms with E-state index in [0.717, 1.165) is 16.7 Å². The number of halogens is 2. The fraction of sp³-hybridized carbons (Fsp3) is 0.167. The normalized spacial score (nSPS) is 10.2. The molecule has 1 aromatic heterocycles. The molecule has 1 aromatic carbocycles. The van der Waals surface area contributed by atoms with Crippen LogP contribution < -0.4 is 10.6 Å². The largest absolute Gasteiger partial charge is 0.354 e. The Kier molecular flexibility index (Phi) is 4.38. The molecule has 2 aromatic rings. The quantitative estimate of drug-likeness (QED) is 0.889. The van der Waals surface area contributed by atoms with Crippen LogP contribution >= 0.6 is 27.5 Å². The first-order chi connectivity index (χ1) is 8.69. The smallest absolute Gasteiger partial charge is 0.224 e. The first-order valence-electron chi connectivity index (χ1n) is 5.48. The molecule has 0 amide bonds. The molecule has 0 saturated heterocycles. The van der Waals surface area contributed by atoms with Crippen LogP contribution in [0.2, 0.25) is 5.02 Å². The van der Waals surface area contributed by atoms with Gasteiger partial charge in [0.1, 0.15) is 5.82 Å². The van der Waals surface area contributed by atoms with Crippen molar-refractivity contribution >= 4 is 45.0 Å². The molecule has 0 saturated carbocycles. The molecule has 0 aliphatic rings. The van der Waals surface area contributed by atoms with Crippen LogP contribution in [0.3, 0.4) is 0 Å². The van der Waals surface area contributed by atoms with Crippen LogP contribution in [0.5, 0.6) is 0 Å². The minimum absolute atomic E-state index is 0.598. The summed E-state index contributed by atoms with van der Waals surface area (Å²) < 4.78 is 0.926. The maximum Gasteiger partial charge on any atom is 0.224 e. The van der Waals surface area contributed by atoms with Gasteiger partial charge in [-0.2, -0.15) is 4.98 Å². The minimum atomic E-state index is 0.598. The zero-order valence-corrected chi connectivity index (χ0v) is 12.1. The van der Waals surface area contributed by atoms with Gasteiger partial charge < -0.3 is 10.6 Å². The Morgan fingerprint density at radius 1 is 1.33 bits per heavy atom. The molecule has 94 valence electrons. The van der Waals surface area contributed by atoms with Gasteiger partial charge in [-0.05, 0) is 47.1 Å². The molecule has 0 radical (unpaired) electrons. The van der Waals surface area contributed by atoms with Crippen molar-refractivity contribution in [1.29, 1.82) is 0 Å². The second-order valence-electron chi connectivity index (χ2n) is 3.54. The molecule has 4 nitrogen and oxygen atoms in total. The number of hydrogen-bond acceptors (Lipinski definition) is 4.